The number of allylic oxidation sites excluding steroid dienone is 1. The van der Waals surface area contributed by atoms with E-state index in [1.165, 1.54) is 0 Å². The SMILES string of the molecule is O=C=C(CCC(=O)Cl)Nc1ccc(Br)cc1. The summed E-state index contributed by atoms with van der Waals surface area (Å²) < 4.78 is 0.950. The van der Waals surface area contributed by atoms with Crippen LogP contribution in [0.25, 0.3) is 0 Å². The average Bonchev–Trinajstić information content (AvgIpc) is 2.26. The lowest BCUT2D eigenvalue weighted by atomic mass is 10.2. The van der Waals surface area contributed by atoms with Gasteiger partial charge in [0, 0.05) is 23.0 Å². The van der Waals surface area contributed by atoms with E-state index in [4.69, 9.17) is 11.6 Å². The van der Waals surface area contributed by atoms with Gasteiger partial charge in [0.2, 0.25) is 5.24 Å². The van der Waals surface area contributed by atoms with Crippen molar-refractivity contribution in [3.8, 4) is 0 Å². The normalized spacial score (nSPS) is 9.38. The number of rotatable bonds is 5. The van der Waals surface area contributed by atoms with Gasteiger partial charge in [-0.3, -0.25) is 4.79 Å². The monoisotopic (exact) mass is 301 g/mol. The van der Waals surface area contributed by atoms with E-state index in [1.807, 2.05) is 24.3 Å². The fourth-order valence-electron chi connectivity index (χ4n) is 1.07. The minimum Gasteiger partial charge on any atom is -0.350 e. The molecule has 0 aliphatic carbocycles. The van der Waals surface area contributed by atoms with E-state index in [1.54, 1.807) is 5.94 Å². The fraction of sp³-hybridized carbons (Fsp3) is 0.182. The Kier molecular flexibility index (Phi) is 5.26. The minimum atomic E-state index is -0.467. The molecule has 0 saturated carbocycles. The van der Waals surface area contributed by atoms with Crippen molar-refractivity contribution in [3.63, 3.8) is 0 Å². The van der Waals surface area contributed by atoms with E-state index < -0.39 is 5.24 Å². The van der Waals surface area contributed by atoms with Crippen molar-refractivity contribution in [1.82, 2.24) is 0 Å². The predicted molar refractivity (Wildman–Crippen MR) is 67.1 cm³/mol. The first-order valence-electron chi connectivity index (χ1n) is 4.56. The van der Waals surface area contributed by atoms with Gasteiger partial charge in [-0.15, -0.1) is 0 Å². The third-order valence-electron chi connectivity index (χ3n) is 1.83. The minimum absolute atomic E-state index is 0.121. The zero-order chi connectivity index (χ0) is 12.0. The van der Waals surface area contributed by atoms with Gasteiger partial charge in [-0.1, -0.05) is 15.9 Å². The first-order chi connectivity index (χ1) is 7.61. The van der Waals surface area contributed by atoms with Crippen LogP contribution in [0, 0.1) is 0 Å². The van der Waals surface area contributed by atoms with Crippen molar-refractivity contribution in [2.24, 2.45) is 0 Å². The average molecular weight is 303 g/mol. The van der Waals surface area contributed by atoms with E-state index in [0.717, 1.165) is 10.2 Å². The highest BCUT2D eigenvalue weighted by Crippen LogP contribution is 2.16. The van der Waals surface area contributed by atoms with Gasteiger partial charge in [-0.2, -0.15) is 0 Å². The maximum Gasteiger partial charge on any atom is 0.222 e. The van der Waals surface area contributed by atoms with E-state index in [2.05, 4.69) is 21.2 Å². The summed E-state index contributed by atoms with van der Waals surface area (Å²) in [5, 5.41) is 2.41. The quantitative estimate of drug-likeness (QED) is 0.671. The summed E-state index contributed by atoms with van der Waals surface area (Å²) in [6.07, 6.45) is 0.386. The highest BCUT2D eigenvalue weighted by atomic mass is 79.9. The summed E-state index contributed by atoms with van der Waals surface area (Å²) >= 11 is 8.49. The maximum absolute atomic E-state index is 10.6. The summed E-state index contributed by atoms with van der Waals surface area (Å²) in [4.78, 5) is 21.2. The third kappa shape index (κ3) is 4.62. The number of hydrogen-bond acceptors (Lipinski definition) is 3. The van der Waals surface area contributed by atoms with Crippen LogP contribution in [0.3, 0.4) is 0 Å². The molecule has 1 N–H and O–H groups in total. The van der Waals surface area contributed by atoms with Crippen molar-refractivity contribution in [3.05, 3.63) is 34.4 Å². The topological polar surface area (TPSA) is 46.2 Å². The zero-order valence-electron chi connectivity index (χ0n) is 8.30. The van der Waals surface area contributed by atoms with Gasteiger partial charge >= 0.3 is 0 Å². The van der Waals surface area contributed by atoms with Crippen LogP contribution in [-0.2, 0) is 9.59 Å². The number of halogens is 2. The molecule has 5 heteroatoms. The van der Waals surface area contributed by atoms with Crippen LogP contribution in [0.5, 0.6) is 0 Å². The second-order valence-electron chi connectivity index (χ2n) is 3.07. The van der Waals surface area contributed by atoms with E-state index in [-0.39, 0.29) is 12.8 Å². The summed E-state index contributed by atoms with van der Waals surface area (Å²) in [5.41, 5.74) is 1.08. The van der Waals surface area contributed by atoms with Crippen molar-refractivity contribution in [2.75, 3.05) is 5.32 Å². The molecule has 0 atom stereocenters. The van der Waals surface area contributed by atoms with Gasteiger partial charge in [0.05, 0.1) is 0 Å². The Bertz CT molecular complexity index is 424. The fourth-order valence-corrected chi connectivity index (χ4v) is 1.43. The van der Waals surface area contributed by atoms with Crippen molar-refractivity contribution >= 4 is 44.4 Å². The molecule has 3 nitrogen and oxygen atoms in total. The Labute approximate surface area is 107 Å². The smallest absolute Gasteiger partial charge is 0.222 e. The van der Waals surface area contributed by atoms with Gasteiger partial charge in [-0.25, -0.2) is 4.79 Å². The molecule has 0 heterocycles. The van der Waals surface area contributed by atoms with Crippen LogP contribution in [0.4, 0.5) is 5.69 Å². The Morgan fingerprint density at radius 2 is 1.94 bits per heavy atom. The van der Waals surface area contributed by atoms with Crippen molar-refractivity contribution in [2.45, 2.75) is 12.8 Å². The van der Waals surface area contributed by atoms with Gasteiger partial charge in [0.15, 0.2) is 0 Å². The Morgan fingerprint density at radius 1 is 1.31 bits per heavy atom. The van der Waals surface area contributed by atoms with Crippen LogP contribution < -0.4 is 5.32 Å². The lowest BCUT2D eigenvalue weighted by Crippen LogP contribution is -2.02. The highest BCUT2D eigenvalue weighted by molar-refractivity contribution is 9.10. The molecule has 0 unspecified atom stereocenters. The van der Waals surface area contributed by atoms with Crippen LogP contribution in [0.1, 0.15) is 12.8 Å². The largest absolute Gasteiger partial charge is 0.350 e. The molecule has 0 aliphatic rings. The molecule has 1 rings (SSSR count). The molecule has 0 spiro atoms. The first-order valence-corrected chi connectivity index (χ1v) is 5.74. The molecule has 0 bridgehead atoms. The molecule has 84 valence electrons. The second-order valence-corrected chi connectivity index (χ2v) is 4.40. The number of benzene rings is 1. The summed E-state index contributed by atoms with van der Waals surface area (Å²) in [6, 6.07) is 7.31. The summed E-state index contributed by atoms with van der Waals surface area (Å²) in [6.45, 7) is 0. The Hall–Kier alpha value is -1.09. The van der Waals surface area contributed by atoms with Crippen LogP contribution >= 0.6 is 27.5 Å². The molecule has 1 aromatic rings. The molecule has 0 aliphatic heterocycles. The van der Waals surface area contributed by atoms with Gasteiger partial charge in [-0.05, 0) is 35.9 Å². The Morgan fingerprint density at radius 3 is 2.44 bits per heavy atom. The number of nitrogens with one attached hydrogen (secondary N) is 1. The predicted octanol–water partition coefficient (Wildman–Crippen LogP) is 3.12. The lowest BCUT2D eigenvalue weighted by molar-refractivity contribution is -0.111. The number of carbonyl (C=O) groups is 1. The molecular weight excluding hydrogens is 293 g/mol. The zero-order valence-corrected chi connectivity index (χ0v) is 10.6. The second kappa shape index (κ2) is 6.48. The number of carbonyl (C=O) groups excluding carboxylic acids is 2. The van der Waals surface area contributed by atoms with Crippen molar-refractivity contribution < 1.29 is 9.59 Å². The maximum atomic E-state index is 10.6. The molecule has 0 aromatic heterocycles. The highest BCUT2D eigenvalue weighted by Gasteiger charge is 2.03. The molecule has 0 fully saturated rings. The summed E-state index contributed by atoms with van der Waals surface area (Å²) in [7, 11) is 0. The van der Waals surface area contributed by atoms with Crippen molar-refractivity contribution in [1.29, 1.82) is 0 Å². The molecule has 0 saturated heterocycles. The molecular formula is C11H9BrClNO2. The van der Waals surface area contributed by atoms with E-state index in [9.17, 15) is 9.59 Å². The van der Waals surface area contributed by atoms with E-state index in [0.29, 0.717) is 5.70 Å². The van der Waals surface area contributed by atoms with Gasteiger partial charge in [0.25, 0.3) is 0 Å². The van der Waals surface area contributed by atoms with Gasteiger partial charge in [0.1, 0.15) is 11.6 Å². The number of hydrogen-bond donors (Lipinski definition) is 1. The van der Waals surface area contributed by atoms with Gasteiger partial charge < -0.3 is 5.32 Å². The summed E-state index contributed by atoms with van der Waals surface area (Å²) in [5.74, 6) is 1.75. The standard InChI is InChI=1S/C11H9BrClNO2/c12-8-1-3-9(4-2-8)14-10(7-15)5-6-11(13)16/h1-4,14H,5-6H2. The van der Waals surface area contributed by atoms with Crippen LogP contribution in [0.15, 0.2) is 34.4 Å². The third-order valence-corrected chi connectivity index (χ3v) is 2.55. The number of anilines is 1. The lowest BCUT2D eigenvalue weighted by Gasteiger charge is -2.06. The molecule has 0 amide bonds. The molecule has 16 heavy (non-hydrogen) atoms. The van der Waals surface area contributed by atoms with Crippen LogP contribution in [-0.4, -0.2) is 11.2 Å². The van der Waals surface area contributed by atoms with Crippen LogP contribution in [0.2, 0.25) is 0 Å². The molecule has 0 radical (unpaired) electrons. The van der Waals surface area contributed by atoms with E-state index >= 15 is 0 Å². The first kappa shape index (κ1) is 13.0. The Balaban J connectivity index is 2.60. The molecule has 1 aromatic carbocycles.